The molecule has 0 radical (unpaired) electrons. The van der Waals surface area contributed by atoms with Gasteiger partial charge >= 0.3 is 0 Å². The highest BCUT2D eigenvalue weighted by Gasteiger charge is 2.49. The number of anilines is 3. The molecule has 0 saturated carbocycles. The van der Waals surface area contributed by atoms with Gasteiger partial charge in [0.25, 0.3) is 0 Å². The van der Waals surface area contributed by atoms with E-state index < -0.39 is 14.4 Å². The van der Waals surface area contributed by atoms with Crippen LogP contribution in [0, 0.1) is 13.8 Å². The van der Waals surface area contributed by atoms with E-state index in [1.807, 2.05) is 31.8 Å². The first-order valence-corrected chi connectivity index (χ1v) is 16.7. The summed E-state index contributed by atoms with van der Waals surface area (Å²) in [6, 6.07) is 26.8. The minimum absolute atomic E-state index is 0.658. The van der Waals surface area contributed by atoms with Crippen LogP contribution in [0.1, 0.15) is 25.0 Å². The first-order valence-electron chi connectivity index (χ1n) is 12.9. The Labute approximate surface area is 219 Å². The van der Waals surface area contributed by atoms with Gasteiger partial charge in [-0.2, -0.15) is 0 Å². The van der Waals surface area contributed by atoms with Crippen molar-refractivity contribution < 1.29 is 9.13 Å². The molecule has 188 valence electrons. The molecule has 2 atom stereocenters. The van der Waals surface area contributed by atoms with E-state index in [1.54, 1.807) is 0 Å². The molecule has 2 aliphatic rings. The van der Waals surface area contributed by atoms with Crippen LogP contribution in [-0.2, 0) is 9.13 Å². The fraction of sp³-hybridized carbons (Fsp3) is 0.226. The van der Waals surface area contributed by atoms with E-state index in [0.29, 0.717) is 13.1 Å². The van der Waals surface area contributed by atoms with Gasteiger partial charge in [0.1, 0.15) is 7.14 Å². The van der Waals surface area contributed by atoms with Gasteiger partial charge in [-0.1, -0.05) is 67.4 Å². The second kappa shape index (κ2) is 8.57. The van der Waals surface area contributed by atoms with E-state index >= 15 is 4.57 Å². The third-order valence-corrected chi connectivity index (χ3v) is 13.8. The number of hydrogen-bond donors (Lipinski definition) is 0. The SMILES string of the molecule is CCN(CC)P1(=O)c2cc(C)ccc2N2c3ccc(C)cc3P(C)(=O)c3cc(-c4ccccc4)cc1c32. The fourth-order valence-electron chi connectivity index (χ4n) is 5.97. The topological polar surface area (TPSA) is 40.6 Å². The zero-order valence-corrected chi connectivity index (χ0v) is 23.8. The van der Waals surface area contributed by atoms with Gasteiger partial charge in [-0.25, -0.2) is 4.67 Å². The van der Waals surface area contributed by atoms with Crippen LogP contribution in [0.5, 0.6) is 0 Å². The molecule has 0 fully saturated rings. The lowest BCUT2D eigenvalue weighted by molar-refractivity contribution is 0.458. The van der Waals surface area contributed by atoms with Crippen LogP contribution >= 0.6 is 14.4 Å². The van der Waals surface area contributed by atoms with Crippen molar-refractivity contribution >= 4 is 52.7 Å². The van der Waals surface area contributed by atoms with Crippen LogP contribution < -0.4 is 26.1 Å². The molecule has 0 amide bonds. The van der Waals surface area contributed by atoms with E-state index in [2.05, 4.69) is 91.0 Å². The Hall–Kier alpha value is -2.90. The molecule has 0 aromatic heterocycles. The van der Waals surface area contributed by atoms with Crippen LogP contribution in [-0.4, -0.2) is 24.4 Å². The number of aryl methyl sites for hydroxylation is 2. The van der Waals surface area contributed by atoms with Gasteiger partial charge in [0.05, 0.1) is 27.7 Å². The van der Waals surface area contributed by atoms with Gasteiger partial charge in [0, 0.05) is 23.7 Å². The summed E-state index contributed by atoms with van der Waals surface area (Å²) in [6.07, 6.45) is 0. The standard InChI is InChI=1S/C31H32N2O2P2/c1-6-32(7-2)37(35)28-18-22(4)14-16-26(28)33-25-15-13-21(3)17-27(25)36(5,34)29-19-24(20-30(37)31(29)33)23-11-9-8-10-12-23/h8-20H,6-7H2,1-5H3. The summed E-state index contributed by atoms with van der Waals surface area (Å²) >= 11 is 0. The van der Waals surface area contributed by atoms with Gasteiger partial charge in [0.2, 0.25) is 7.29 Å². The third kappa shape index (κ3) is 3.40. The number of benzene rings is 4. The van der Waals surface area contributed by atoms with Crippen molar-refractivity contribution in [1.82, 2.24) is 4.67 Å². The van der Waals surface area contributed by atoms with Gasteiger partial charge < -0.3 is 9.46 Å². The summed E-state index contributed by atoms with van der Waals surface area (Å²) in [5, 5.41) is 3.31. The Morgan fingerprint density at radius 1 is 0.676 bits per heavy atom. The van der Waals surface area contributed by atoms with Crippen LogP contribution in [0.2, 0.25) is 0 Å². The first kappa shape index (κ1) is 24.4. The molecule has 0 aliphatic carbocycles. The average molecular weight is 527 g/mol. The van der Waals surface area contributed by atoms with Gasteiger partial charge in [-0.15, -0.1) is 0 Å². The summed E-state index contributed by atoms with van der Waals surface area (Å²) in [5.74, 6) is 0. The van der Waals surface area contributed by atoms with E-state index in [9.17, 15) is 4.57 Å². The normalized spacial score (nSPS) is 21.4. The molecule has 0 N–H and O–H groups in total. The van der Waals surface area contributed by atoms with Crippen LogP contribution in [0.15, 0.2) is 78.9 Å². The third-order valence-electron chi connectivity index (χ3n) is 7.84. The first-order chi connectivity index (χ1) is 17.7. The molecule has 0 spiro atoms. The zero-order valence-electron chi connectivity index (χ0n) is 22.0. The number of nitrogens with zero attached hydrogens (tertiary/aromatic N) is 2. The molecular formula is C31H32N2O2P2. The van der Waals surface area contributed by atoms with E-state index in [1.165, 1.54) is 0 Å². The van der Waals surface area contributed by atoms with Gasteiger partial charge in [0.15, 0.2) is 0 Å². The Morgan fingerprint density at radius 2 is 1.24 bits per heavy atom. The van der Waals surface area contributed by atoms with Crippen molar-refractivity contribution in [1.29, 1.82) is 0 Å². The molecule has 2 unspecified atom stereocenters. The maximum absolute atomic E-state index is 15.6. The van der Waals surface area contributed by atoms with Crippen molar-refractivity contribution in [2.24, 2.45) is 0 Å². The summed E-state index contributed by atoms with van der Waals surface area (Å²) in [4.78, 5) is 2.22. The number of fused-ring (bicyclic) bond motifs is 4. The molecule has 0 saturated heterocycles. The Bertz CT molecular complexity index is 1660. The predicted molar refractivity (Wildman–Crippen MR) is 159 cm³/mol. The largest absolute Gasteiger partial charge is 0.314 e. The molecule has 6 heteroatoms. The summed E-state index contributed by atoms with van der Waals surface area (Å²) in [5.41, 5.74) is 6.84. The molecule has 2 heterocycles. The minimum atomic E-state index is -3.23. The lowest BCUT2D eigenvalue weighted by atomic mass is 10.0. The maximum Gasteiger partial charge on any atom is 0.211 e. The number of rotatable bonds is 4. The minimum Gasteiger partial charge on any atom is -0.314 e. The van der Waals surface area contributed by atoms with Crippen LogP contribution in [0.25, 0.3) is 11.1 Å². The molecule has 37 heavy (non-hydrogen) atoms. The quantitative estimate of drug-likeness (QED) is 0.282. The zero-order chi connectivity index (χ0) is 26.1. The summed E-state index contributed by atoms with van der Waals surface area (Å²) in [7, 11) is -6.22. The van der Waals surface area contributed by atoms with Crippen molar-refractivity contribution in [2.45, 2.75) is 27.7 Å². The second-order valence-corrected chi connectivity index (χ2v) is 15.7. The smallest absolute Gasteiger partial charge is 0.211 e. The fourth-order valence-corrected chi connectivity index (χ4v) is 11.7. The van der Waals surface area contributed by atoms with Gasteiger partial charge in [-0.05, 0) is 68.0 Å². The van der Waals surface area contributed by atoms with Crippen molar-refractivity contribution in [2.75, 3.05) is 24.7 Å². The lowest BCUT2D eigenvalue weighted by Gasteiger charge is -2.46. The summed E-state index contributed by atoms with van der Waals surface area (Å²) < 4.78 is 32.5. The van der Waals surface area contributed by atoms with E-state index in [4.69, 9.17) is 0 Å². The van der Waals surface area contributed by atoms with Crippen molar-refractivity contribution in [3.63, 3.8) is 0 Å². The van der Waals surface area contributed by atoms with Crippen LogP contribution in [0.4, 0.5) is 17.1 Å². The molecule has 6 rings (SSSR count). The molecule has 0 bridgehead atoms. The molecular weight excluding hydrogens is 494 g/mol. The highest BCUT2D eigenvalue weighted by Crippen LogP contribution is 2.61. The monoisotopic (exact) mass is 526 g/mol. The Kier molecular flexibility index (Phi) is 5.66. The molecule has 4 nitrogen and oxygen atoms in total. The highest BCUT2D eigenvalue weighted by atomic mass is 31.2. The van der Waals surface area contributed by atoms with E-state index in [0.717, 1.165) is 60.5 Å². The molecule has 4 aromatic rings. The average Bonchev–Trinajstić information content (AvgIpc) is 2.90. The lowest BCUT2D eigenvalue weighted by Crippen LogP contribution is -2.46. The Morgan fingerprint density at radius 3 is 1.86 bits per heavy atom. The molecule has 2 aliphatic heterocycles. The predicted octanol–water partition coefficient (Wildman–Crippen LogP) is 6.58. The summed E-state index contributed by atoms with van der Waals surface area (Å²) in [6.45, 7) is 11.4. The second-order valence-electron chi connectivity index (χ2n) is 10.2. The maximum atomic E-state index is 15.6. The molecule has 4 aromatic carbocycles. The highest BCUT2D eigenvalue weighted by molar-refractivity contribution is 7.80. The Balaban J connectivity index is 1.81. The van der Waals surface area contributed by atoms with Crippen molar-refractivity contribution in [3.8, 4) is 11.1 Å². The number of hydrogen-bond acceptors (Lipinski definition) is 3. The van der Waals surface area contributed by atoms with Crippen molar-refractivity contribution in [3.05, 3.63) is 90.0 Å². The van der Waals surface area contributed by atoms with Crippen LogP contribution in [0.3, 0.4) is 0 Å². The van der Waals surface area contributed by atoms with E-state index in [-0.39, 0.29) is 0 Å². The van der Waals surface area contributed by atoms with Gasteiger partial charge in [-0.3, -0.25) is 4.57 Å².